The van der Waals surface area contributed by atoms with E-state index >= 15 is 0 Å². The van der Waals surface area contributed by atoms with Crippen LogP contribution in [-0.2, 0) is 4.74 Å². The monoisotopic (exact) mass is 171 g/mol. The van der Waals surface area contributed by atoms with E-state index in [2.05, 4.69) is 10.3 Å². The van der Waals surface area contributed by atoms with E-state index in [4.69, 9.17) is 10.1 Å². The molecule has 0 amide bonds. The lowest BCUT2D eigenvalue weighted by Crippen LogP contribution is -2.43. The summed E-state index contributed by atoms with van der Waals surface area (Å²) < 4.78 is 4.84. The van der Waals surface area contributed by atoms with Crippen molar-refractivity contribution in [2.24, 2.45) is 4.99 Å². The highest BCUT2D eigenvalue weighted by Crippen LogP contribution is 2.04. The highest BCUT2D eigenvalue weighted by molar-refractivity contribution is 5.97. The highest BCUT2D eigenvalue weighted by Gasteiger charge is 2.20. The van der Waals surface area contributed by atoms with Gasteiger partial charge in [-0.15, -0.1) is 0 Å². The van der Waals surface area contributed by atoms with Gasteiger partial charge in [-0.3, -0.25) is 5.41 Å². The first-order chi connectivity index (χ1) is 5.44. The van der Waals surface area contributed by atoms with E-state index in [9.17, 15) is 0 Å². The van der Waals surface area contributed by atoms with Gasteiger partial charge in [-0.05, 0) is 20.9 Å². The Kier molecular flexibility index (Phi) is 3.89. The van der Waals surface area contributed by atoms with E-state index in [-0.39, 0.29) is 5.84 Å². The number of methoxy groups -OCH3 is 1. The van der Waals surface area contributed by atoms with Crippen molar-refractivity contribution in [1.29, 1.82) is 5.41 Å². The average Bonchev–Trinajstić information content (AvgIpc) is 2.04. The first kappa shape index (κ1) is 11.1. The fraction of sp³-hybridized carbons (Fsp3) is 0.750. The number of hydrogen-bond acceptors (Lipinski definition) is 3. The fourth-order valence-electron chi connectivity index (χ4n) is 0.461. The predicted molar refractivity (Wildman–Crippen MR) is 51.0 cm³/mol. The Morgan fingerprint density at radius 2 is 2.00 bits per heavy atom. The lowest BCUT2D eigenvalue weighted by molar-refractivity contribution is 0.399. The number of aliphatic imine (C=N–C) groups is 1. The van der Waals surface area contributed by atoms with Gasteiger partial charge < -0.3 is 10.1 Å². The molecule has 0 aliphatic carbocycles. The molecule has 0 saturated heterocycles. The van der Waals surface area contributed by atoms with Crippen molar-refractivity contribution in [2.45, 2.75) is 26.3 Å². The molecular weight excluding hydrogens is 154 g/mol. The molecule has 0 radical (unpaired) electrons. The highest BCUT2D eigenvalue weighted by atomic mass is 16.5. The van der Waals surface area contributed by atoms with Crippen LogP contribution in [0, 0.1) is 5.41 Å². The van der Waals surface area contributed by atoms with E-state index in [1.54, 1.807) is 21.1 Å². The number of amidine groups is 1. The quantitative estimate of drug-likeness (QED) is 0.481. The Hall–Kier alpha value is -0.900. The zero-order valence-corrected chi connectivity index (χ0v) is 8.36. The van der Waals surface area contributed by atoms with Gasteiger partial charge in [0.15, 0.2) is 5.90 Å². The van der Waals surface area contributed by atoms with Crippen LogP contribution in [0.25, 0.3) is 0 Å². The van der Waals surface area contributed by atoms with Gasteiger partial charge in [0, 0.05) is 6.92 Å². The molecule has 0 aromatic rings. The Balaban J connectivity index is 4.41. The molecule has 2 N–H and O–H groups in total. The lowest BCUT2D eigenvalue weighted by Gasteiger charge is -2.21. The van der Waals surface area contributed by atoms with Gasteiger partial charge >= 0.3 is 0 Å². The van der Waals surface area contributed by atoms with E-state index in [0.717, 1.165) is 0 Å². The van der Waals surface area contributed by atoms with Crippen LogP contribution in [0.5, 0.6) is 0 Å². The summed E-state index contributed by atoms with van der Waals surface area (Å²) in [5.74, 6) is 0.771. The van der Waals surface area contributed by atoms with Crippen molar-refractivity contribution in [3.05, 3.63) is 0 Å². The smallest absolute Gasteiger partial charge is 0.186 e. The second-order valence-corrected chi connectivity index (χ2v) is 3.06. The average molecular weight is 171 g/mol. The summed E-state index contributed by atoms with van der Waals surface area (Å²) >= 11 is 0. The van der Waals surface area contributed by atoms with Crippen LogP contribution in [-0.4, -0.2) is 31.4 Å². The third-order valence-electron chi connectivity index (χ3n) is 1.78. The maximum Gasteiger partial charge on any atom is 0.186 e. The van der Waals surface area contributed by atoms with Gasteiger partial charge in [-0.1, -0.05) is 0 Å². The summed E-state index contributed by atoms with van der Waals surface area (Å²) in [6.07, 6.45) is 0. The van der Waals surface area contributed by atoms with Gasteiger partial charge in [0.05, 0.1) is 12.6 Å². The summed E-state index contributed by atoms with van der Waals surface area (Å²) in [5, 5.41) is 10.6. The van der Waals surface area contributed by atoms with Crippen LogP contribution < -0.4 is 5.32 Å². The van der Waals surface area contributed by atoms with Gasteiger partial charge in [0.1, 0.15) is 5.84 Å². The van der Waals surface area contributed by atoms with Crippen LogP contribution >= 0.6 is 0 Å². The summed E-state index contributed by atoms with van der Waals surface area (Å²) in [6.45, 7) is 5.50. The van der Waals surface area contributed by atoms with E-state index in [1.807, 2.05) is 13.8 Å². The van der Waals surface area contributed by atoms with Crippen LogP contribution in [0.15, 0.2) is 4.99 Å². The largest absolute Gasteiger partial charge is 0.484 e. The van der Waals surface area contributed by atoms with Crippen molar-refractivity contribution in [1.82, 2.24) is 5.32 Å². The van der Waals surface area contributed by atoms with Crippen molar-refractivity contribution < 1.29 is 4.74 Å². The van der Waals surface area contributed by atoms with Crippen molar-refractivity contribution in [3.8, 4) is 0 Å². The third-order valence-corrected chi connectivity index (χ3v) is 1.78. The molecule has 0 fully saturated rings. The van der Waals surface area contributed by atoms with Crippen LogP contribution in [0.4, 0.5) is 0 Å². The summed E-state index contributed by atoms with van der Waals surface area (Å²) in [6, 6.07) is 0. The number of likely N-dealkylation sites (N-methyl/N-ethyl adjacent to an activating group) is 1. The topological polar surface area (TPSA) is 57.5 Å². The molecule has 70 valence electrons. The van der Waals surface area contributed by atoms with Gasteiger partial charge in [-0.25, -0.2) is 4.99 Å². The molecule has 0 spiro atoms. The van der Waals surface area contributed by atoms with Crippen LogP contribution in [0.3, 0.4) is 0 Å². The Labute approximate surface area is 73.5 Å². The number of nitrogens with zero attached hydrogens (tertiary/aromatic N) is 1. The van der Waals surface area contributed by atoms with Gasteiger partial charge in [-0.2, -0.15) is 0 Å². The molecule has 0 rings (SSSR count). The first-order valence-electron chi connectivity index (χ1n) is 3.81. The van der Waals surface area contributed by atoms with Gasteiger partial charge in [0.2, 0.25) is 0 Å². The van der Waals surface area contributed by atoms with Crippen molar-refractivity contribution >= 4 is 11.7 Å². The molecule has 4 heteroatoms. The molecule has 4 nitrogen and oxygen atoms in total. The van der Waals surface area contributed by atoms with Crippen molar-refractivity contribution in [2.75, 3.05) is 14.2 Å². The standard InChI is InChI=1S/C8H17N3O/c1-6(12-5)11-7(9)8(2,3)10-4/h9-10H,1-5H3. The molecule has 0 aliphatic rings. The Bertz CT molecular complexity index is 196. The van der Waals surface area contributed by atoms with Crippen LogP contribution in [0.1, 0.15) is 20.8 Å². The molecule has 0 unspecified atom stereocenters. The number of rotatable bonds is 2. The molecule has 0 aromatic carbocycles. The fourth-order valence-corrected chi connectivity index (χ4v) is 0.461. The minimum atomic E-state index is -0.403. The van der Waals surface area contributed by atoms with Crippen molar-refractivity contribution in [3.63, 3.8) is 0 Å². The van der Waals surface area contributed by atoms with E-state index < -0.39 is 5.54 Å². The minimum Gasteiger partial charge on any atom is -0.484 e. The number of ether oxygens (including phenoxy) is 1. The third kappa shape index (κ3) is 3.00. The zero-order chi connectivity index (χ0) is 9.78. The van der Waals surface area contributed by atoms with E-state index in [0.29, 0.717) is 5.90 Å². The predicted octanol–water partition coefficient (Wildman–Crippen LogP) is 1.03. The minimum absolute atomic E-state index is 0.268. The summed E-state index contributed by atoms with van der Waals surface area (Å²) in [5.41, 5.74) is -0.403. The Morgan fingerprint density at radius 1 is 1.50 bits per heavy atom. The molecule has 0 saturated carbocycles. The molecule has 0 atom stereocenters. The van der Waals surface area contributed by atoms with Crippen LogP contribution in [0.2, 0.25) is 0 Å². The van der Waals surface area contributed by atoms with Gasteiger partial charge in [0.25, 0.3) is 0 Å². The zero-order valence-electron chi connectivity index (χ0n) is 8.36. The summed E-state index contributed by atoms with van der Waals surface area (Å²) in [7, 11) is 3.34. The van der Waals surface area contributed by atoms with E-state index in [1.165, 1.54) is 0 Å². The normalized spacial score (nSPS) is 12.9. The maximum absolute atomic E-state index is 7.60. The molecule has 0 aliphatic heterocycles. The summed E-state index contributed by atoms with van der Waals surface area (Å²) in [4.78, 5) is 3.95. The molecule has 0 heterocycles. The molecule has 0 bridgehead atoms. The Morgan fingerprint density at radius 3 is 2.33 bits per heavy atom. The number of nitrogens with one attached hydrogen (secondary N) is 2. The molecular formula is C8H17N3O. The SMILES string of the molecule is CNC(C)(C)C(=N)N=C(C)OC. The second-order valence-electron chi connectivity index (χ2n) is 3.06. The lowest BCUT2D eigenvalue weighted by atomic mass is 10.1. The number of hydrogen-bond donors (Lipinski definition) is 2. The molecule has 12 heavy (non-hydrogen) atoms. The molecule has 0 aromatic heterocycles. The second kappa shape index (κ2) is 4.21. The maximum atomic E-state index is 7.60. The first-order valence-corrected chi connectivity index (χ1v) is 3.81.